The number of para-hydroxylation sites is 2. The van der Waals surface area contributed by atoms with Crippen LogP contribution in [0.5, 0.6) is 11.5 Å². The Morgan fingerprint density at radius 1 is 1.07 bits per heavy atom. The molecular weight excluding hydrogens is 413 g/mol. The van der Waals surface area contributed by atoms with Crippen LogP contribution < -0.4 is 14.4 Å². The van der Waals surface area contributed by atoms with Crippen molar-refractivity contribution in [3.63, 3.8) is 0 Å². The van der Waals surface area contributed by atoms with Crippen molar-refractivity contribution in [2.45, 2.75) is 6.04 Å². The monoisotopic (exact) mass is 435 g/mol. The van der Waals surface area contributed by atoms with E-state index >= 15 is 0 Å². The van der Waals surface area contributed by atoms with Gasteiger partial charge in [-0.15, -0.1) is 12.4 Å². The molecule has 160 valence electrons. The summed E-state index contributed by atoms with van der Waals surface area (Å²) < 4.78 is 23.9. The number of piperazine rings is 1. The number of hydrogen-bond donors (Lipinski definition) is 0. The summed E-state index contributed by atoms with van der Waals surface area (Å²) in [4.78, 5) is 30.8. The second-order valence-corrected chi connectivity index (χ2v) is 6.94. The predicted molar refractivity (Wildman–Crippen MR) is 112 cm³/mol. The van der Waals surface area contributed by atoms with Crippen molar-refractivity contribution in [3.8, 4) is 11.5 Å². The van der Waals surface area contributed by atoms with Gasteiger partial charge >= 0.3 is 6.03 Å². The van der Waals surface area contributed by atoms with E-state index in [4.69, 9.17) is 9.47 Å². The minimum Gasteiger partial charge on any atom is -0.495 e. The molecule has 3 amide bonds. The van der Waals surface area contributed by atoms with Gasteiger partial charge in [0.15, 0.2) is 0 Å². The van der Waals surface area contributed by atoms with Crippen molar-refractivity contribution in [2.75, 3.05) is 44.8 Å². The topological polar surface area (TPSA) is 62.3 Å². The maximum absolute atomic E-state index is 13.0. The summed E-state index contributed by atoms with van der Waals surface area (Å²) in [5.41, 5.74) is 0.464. The van der Waals surface area contributed by atoms with Gasteiger partial charge in [-0.25, -0.2) is 14.1 Å². The van der Waals surface area contributed by atoms with E-state index < -0.39 is 6.04 Å². The molecule has 4 rings (SSSR count). The Morgan fingerprint density at radius 2 is 1.80 bits per heavy atom. The number of nitrogens with zero attached hydrogens (tertiary/aromatic N) is 3. The van der Waals surface area contributed by atoms with Gasteiger partial charge in [0.05, 0.1) is 12.8 Å². The third kappa shape index (κ3) is 4.20. The van der Waals surface area contributed by atoms with Crippen LogP contribution in [0.2, 0.25) is 0 Å². The number of ether oxygens (including phenoxy) is 2. The molecule has 7 nitrogen and oxygen atoms in total. The SMILES string of the molecule is COc1ccccc1N1C(=O)C2CN(CCOc3ccc(F)cc3)CCN2C1=O.Cl. The summed E-state index contributed by atoms with van der Waals surface area (Å²) in [5, 5.41) is 0. The molecule has 2 saturated heterocycles. The lowest BCUT2D eigenvalue weighted by molar-refractivity contribution is -0.121. The molecule has 0 spiro atoms. The highest BCUT2D eigenvalue weighted by Gasteiger charge is 2.48. The fraction of sp³-hybridized carbons (Fsp3) is 0.333. The zero-order chi connectivity index (χ0) is 20.4. The largest absolute Gasteiger partial charge is 0.495 e. The Hall–Kier alpha value is -2.84. The number of methoxy groups -OCH3 is 1. The van der Waals surface area contributed by atoms with Crippen molar-refractivity contribution >= 4 is 30.0 Å². The van der Waals surface area contributed by atoms with E-state index in [-0.39, 0.29) is 30.2 Å². The lowest BCUT2D eigenvalue weighted by atomic mass is 10.2. The molecule has 1 unspecified atom stereocenters. The summed E-state index contributed by atoms with van der Waals surface area (Å²) in [5.74, 6) is 0.527. The highest BCUT2D eigenvalue weighted by atomic mass is 35.5. The Kier molecular flexibility index (Phi) is 6.79. The molecule has 9 heteroatoms. The van der Waals surface area contributed by atoms with Gasteiger partial charge in [-0.05, 0) is 36.4 Å². The molecule has 0 N–H and O–H groups in total. The van der Waals surface area contributed by atoms with Gasteiger partial charge in [0.2, 0.25) is 0 Å². The van der Waals surface area contributed by atoms with Gasteiger partial charge in [0, 0.05) is 26.2 Å². The van der Waals surface area contributed by atoms with E-state index in [1.807, 2.05) is 0 Å². The molecule has 2 aromatic carbocycles. The van der Waals surface area contributed by atoms with Crippen LogP contribution in [0.1, 0.15) is 0 Å². The third-order valence-electron chi connectivity index (χ3n) is 5.22. The normalized spacial score (nSPS) is 18.8. The van der Waals surface area contributed by atoms with Crippen molar-refractivity contribution in [2.24, 2.45) is 0 Å². The number of imide groups is 1. The molecule has 2 fully saturated rings. The van der Waals surface area contributed by atoms with Crippen LogP contribution in [0.3, 0.4) is 0 Å². The highest BCUT2D eigenvalue weighted by molar-refractivity contribution is 6.22. The third-order valence-corrected chi connectivity index (χ3v) is 5.22. The van der Waals surface area contributed by atoms with Gasteiger partial charge in [-0.1, -0.05) is 12.1 Å². The minimum atomic E-state index is -0.521. The van der Waals surface area contributed by atoms with Crippen LogP contribution in [0.4, 0.5) is 14.9 Å². The molecule has 2 aliphatic rings. The number of benzene rings is 2. The number of rotatable bonds is 6. The van der Waals surface area contributed by atoms with Crippen LogP contribution in [0.25, 0.3) is 0 Å². The second kappa shape index (κ2) is 9.32. The van der Waals surface area contributed by atoms with Crippen molar-refractivity contribution in [3.05, 3.63) is 54.3 Å². The number of hydrogen-bond acceptors (Lipinski definition) is 5. The van der Waals surface area contributed by atoms with Gasteiger partial charge in [0.25, 0.3) is 5.91 Å². The summed E-state index contributed by atoms with van der Waals surface area (Å²) in [7, 11) is 1.51. The lowest BCUT2D eigenvalue weighted by Gasteiger charge is -2.35. The lowest BCUT2D eigenvalue weighted by Crippen LogP contribution is -2.53. The smallest absolute Gasteiger partial charge is 0.332 e. The first-order valence-corrected chi connectivity index (χ1v) is 9.47. The minimum absolute atomic E-state index is 0. The van der Waals surface area contributed by atoms with Crippen LogP contribution in [0, 0.1) is 5.82 Å². The van der Waals surface area contributed by atoms with Crippen LogP contribution in [0.15, 0.2) is 48.5 Å². The van der Waals surface area contributed by atoms with Crippen molar-refractivity contribution in [1.82, 2.24) is 9.80 Å². The Labute approximate surface area is 180 Å². The number of amides is 3. The van der Waals surface area contributed by atoms with Crippen molar-refractivity contribution in [1.29, 1.82) is 0 Å². The fourth-order valence-corrected chi connectivity index (χ4v) is 3.71. The molecule has 0 radical (unpaired) electrons. The molecule has 0 aliphatic carbocycles. The average molecular weight is 436 g/mol. The van der Waals surface area contributed by atoms with E-state index in [9.17, 15) is 14.0 Å². The van der Waals surface area contributed by atoms with Gasteiger partial charge < -0.3 is 14.4 Å². The Morgan fingerprint density at radius 3 is 2.53 bits per heavy atom. The quantitative estimate of drug-likeness (QED) is 0.653. The number of halogens is 2. The molecule has 2 heterocycles. The molecule has 0 saturated carbocycles. The van der Waals surface area contributed by atoms with E-state index in [1.165, 1.54) is 24.1 Å². The first-order valence-electron chi connectivity index (χ1n) is 9.47. The molecule has 1 atom stereocenters. The van der Waals surface area contributed by atoms with E-state index in [0.717, 1.165) is 0 Å². The maximum Gasteiger partial charge on any atom is 0.332 e. The van der Waals surface area contributed by atoms with Gasteiger partial charge in [-0.3, -0.25) is 9.69 Å². The molecule has 2 aliphatic heterocycles. The van der Waals surface area contributed by atoms with E-state index in [1.54, 1.807) is 41.3 Å². The predicted octanol–water partition coefficient (Wildman–Crippen LogP) is 2.79. The fourth-order valence-electron chi connectivity index (χ4n) is 3.71. The number of fused-ring (bicyclic) bond motifs is 1. The standard InChI is InChI=1S/C21H22FN3O4.ClH/c1-28-19-5-3-2-4-17(19)25-20(26)18-14-23(10-11-24(18)21(25)27)12-13-29-16-8-6-15(22)7-9-16;/h2-9,18H,10-14H2,1H3;1H. The summed E-state index contributed by atoms with van der Waals surface area (Å²) in [6.07, 6.45) is 0. The highest BCUT2D eigenvalue weighted by Crippen LogP contribution is 2.33. The summed E-state index contributed by atoms with van der Waals surface area (Å²) >= 11 is 0. The summed E-state index contributed by atoms with van der Waals surface area (Å²) in [6.45, 7) is 2.59. The van der Waals surface area contributed by atoms with E-state index in [2.05, 4.69) is 4.90 Å². The van der Waals surface area contributed by atoms with Crippen LogP contribution >= 0.6 is 12.4 Å². The molecule has 0 bridgehead atoms. The number of carbonyl (C=O) groups is 2. The Balaban J connectivity index is 0.00000256. The first kappa shape index (κ1) is 21.9. The molecule has 2 aromatic rings. The van der Waals surface area contributed by atoms with Gasteiger partial charge in [0.1, 0.15) is 30.0 Å². The maximum atomic E-state index is 13.0. The number of anilines is 1. The number of urea groups is 1. The second-order valence-electron chi connectivity index (χ2n) is 6.94. The van der Waals surface area contributed by atoms with E-state index in [0.29, 0.717) is 50.0 Å². The molecule has 30 heavy (non-hydrogen) atoms. The van der Waals surface area contributed by atoms with Gasteiger partial charge in [-0.2, -0.15) is 0 Å². The summed E-state index contributed by atoms with van der Waals surface area (Å²) in [6, 6.07) is 12.0. The zero-order valence-corrected chi connectivity index (χ0v) is 17.3. The molecule has 0 aromatic heterocycles. The average Bonchev–Trinajstić information content (AvgIpc) is 2.99. The zero-order valence-electron chi connectivity index (χ0n) is 16.5. The van der Waals surface area contributed by atoms with Crippen molar-refractivity contribution < 1.29 is 23.5 Å². The first-order chi connectivity index (χ1) is 14.1. The Bertz CT molecular complexity index is 911. The van der Waals surface area contributed by atoms with Crippen LogP contribution in [-0.4, -0.2) is 67.7 Å². The number of carbonyl (C=O) groups excluding carboxylic acids is 2. The molecular formula is C21H23ClFN3O4. The van der Waals surface area contributed by atoms with Crippen LogP contribution in [-0.2, 0) is 4.79 Å².